The largest absolute Gasteiger partial charge is 0.481 e. The Balaban J connectivity index is 2.67. The molecule has 1 fully saturated rings. The zero-order chi connectivity index (χ0) is 36.8. The number of carboxylic acid groups (broad SMARTS) is 1. The molecule has 0 aromatic rings. The summed E-state index contributed by atoms with van der Waals surface area (Å²) in [6.45, 7) is 4.27. The number of aliphatic hydroxyl groups excluding tert-OH is 3. The average molecular weight is 713 g/mol. The van der Waals surface area contributed by atoms with E-state index >= 15 is 0 Å². The van der Waals surface area contributed by atoms with E-state index in [4.69, 9.17) is 9.84 Å². The van der Waals surface area contributed by atoms with Gasteiger partial charge in [-0.1, -0.05) is 162 Å². The highest BCUT2D eigenvalue weighted by molar-refractivity contribution is 5.81. The lowest BCUT2D eigenvalue weighted by molar-refractivity contribution is -0.231. The maximum atomic E-state index is 13.7. The molecule has 0 unspecified atom stereocenters. The highest BCUT2D eigenvalue weighted by Gasteiger charge is 2.48. The van der Waals surface area contributed by atoms with Crippen LogP contribution in [-0.4, -0.2) is 86.8 Å². The van der Waals surface area contributed by atoms with Gasteiger partial charge in [-0.2, -0.15) is 0 Å². The van der Waals surface area contributed by atoms with Crippen molar-refractivity contribution < 1.29 is 39.5 Å². The van der Waals surface area contributed by atoms with Gasteiger partial charge in [-0.15, -0.1) is 0 Å². The molecule has 0 aromatic carbocycles. The lowest BCUT2D eigenvalue weighted by Gasteiger charge is -2.47. The van der Waals surface area contributed by atoms with Crippen molar-refractivity contribution in [1.29, 1.82) is 0 Å². The van der Waals surface area contributed by atoms with E-state index in [1.165, 1.54) is 109 Å². The smallest absolute Gasteiger partial charge is 0.303 e. The second-order valence-corrected chi connectivity index (χ2v) is 14.7. The van der Waals surface area contributed by atoms with Gasteiger partial charge in [0, 0.05) is 19.4 Å². The molecule has 5 N–H and O–H groups in total. The lowest BCUT2D eigenvalue weighted by atomic mass is 9.94. The van der Waals surface area contributed by atoms with E-state index < -0.39 is 49.1 Å². The number of rotatable bonds is 33. The van der Waals surface area contributed by atoms with Gasteiger partial charge in [0.05, 0.1) is 13.0 Å². The number of carbonyl (C=O) groups is 3. The maximum Gasteiger partial charge on any atom is 0.303 e. The van der Waals surface area contributed by atoms with Gasteiger partial charge in [0.25, 0.3) is 0 Å². The molecule has 50 heavy (non-hydrogen) atoms. The minimum Gasteiger partial charge on any atom is -0.481 e. The van der Waals surface area contributed by atoms with Crippen molar-refractivity contribution in [2.75, 3.05) is 13.2 Å². The Kier molecular flexibility index (Phi) is 28.5. The van der Waals surface area contributed by atoms with E-state index in [0.717, 1.165) is 51.4 Å². The van der Waals surface area contributed by atoms with Crippen LogP contribution in [0.2, 0.25) is 0 Å². The molecule has 1 aliphatic heterocycles. The van der Waals surface area contributed by atoms with Crippen molar-refractivity contribution in [2.24, 2.45) is 0 Å². The van der Waals surface area contributed by atoms with E-state index in [-0.39, 0.29) is 18.7 Å². The number of amides is 2. The summed E-state index contributed by atoms with van der Waals surface area (Å²) in [5.74, 6) is -1.89. The Hall–Kier alpha value is -1.75. The van der Waals surface area contributed by atoms with Crippen molar-refractivity contribution in [2.45, 2.75) is 224 Å². The fourth-order valence-electron chi connectivity index (χ4n) is 6.95. The predicted molar refractivity (Wildman–Crippen MR) is 200 cm³/mol. The third kappa shape index (κ3) is 21.6. The Bertz CT molecular complexity index is 859. The van der Waals surface area contributed by atoms with Gasteiger partial charge in [-0.3, -0.25) is 14.4 Å². The summed E-state index contributed by atoms with van der Waals surface area (Å²) in [5, 5.41) is 43.2. The standard InChI is InChI=1S/C40H76N2O8/c1-3-5-7-9-11-13-15-16-17-18-19-20-22-24-26-28-35(45)42(31-27-25-23-21-14-12-10-8-6-4-2)40-37(41-34(44)29-30-36(46)47)39(49)38(48)33(32-43)50-40/h33,37-40,43,48-49H,3-32H2,1-2H3,(H,41,44)(H,46,47)/t33-,37-,38-,39-,40-/m1/s1. The lowest BCUT2D eigenvalue weighted by Crippen LogP contribution is -2.68. The second kappa shape index (κ2) is 30.8. The maximum absolute atomic E-state index is 13.7. The molecule has 10 nitrogen and oxygen atoms in total. The van der Waals surface area contributed by atoms with Gasteiger partial charge < -0.3 is 35.4 Å². The van der Waals surface area contributed by atoms with E-state index in [1.807, 2.05) is 0 Å². The van der Waals surface area contributed by atoms with Crippen LogP contribution in [0.1, 0.15) is 194 Å². The number of hydrogen-bond acceptors (Lipinski definition) is 7. The summed E-state index contributed by atoms with van der Waals surface area (Å²) in [7, 11) is 0. The third-order valence-electron chi connectivity index (χ3n) is 10.2. The molecule has 1 heterocycles. The number of aliphatic carboxylic acids is 1. The molecule has 294 valence electrons. The second-order valence-electron chi connectivity index (χ2n) is 14.7. The quantitative estimate of drug-likeness (QED) is 0.0432. The Labute approximate surface area is 304 Å². The minimum atomic E-state index is -1.51. The molecule has 1 aliphatic rings. The summed E-state index contributed by atoms with van der Waals surface area (Å²) >= 11 is 0. The summed E-state index contributed by atoms with van der Waals surface area (Å²) in [4.78, 5) is 39.0. The molecule has 0 aliphatic carbocycles. The van der Waals surface area contributed by atoms with Crippen molar-refractivity contribution in [3.8, 4) is 0 Å². The van der Waals surface area contributed by atoms with Gasteiger partial charge in [0.15, 0.2) is 6.23 Å². The van der Waals surface area contributed by atoms with Gasteiger partial charge in [0.2, 0.25) is 11.8 Å². The van der Waals surface area contributed by atoms with E-state index in [2.05, 4.69) is 19.2 Å². The molecule has 2 amide bonds. The first-order valence-corrected chi connectivity index (χ1v) is 20.7. The molecule has 10 heteroatoms. The van der Waals surface area contributed by atoms with Gasteiger partial charge in [-0.05, 0) is 12.8 Å². The number of aliphatic hydroxyl groups is 3. The topological polar surface area (TPSA) is 157 Å². The molecular weight excluding hydrogens is 636 g/mol. The van der Waals surface area contributed by atoms with Crippen LogP contribution >= 0.6 is 0 Å². The SMILES string of the molecule is CCCCCCCCCCCCCCCCCC(=O)N(CCCCCCCCCCCC)[C@@H]1O[C@H](CO)[C@@H](O)[C@H](O)[C@H]1NC(=O)CCC(=O)O. The number of ether oxygens (including phenoxy) is 1. The molecule has 1 saturated heterocycles. The molecule has 1 rings (SSSR count). The van der Waals surface area contributed by atoms with Crippen molar-refractivity contribution >= 4 is 17.8 Å². The first-order valence-electron chi connectivity index (χ1n) is 20.7. The molecule has 0 bridgehead atoms. The Morgan fingerprint density at radius 2 is 1.00 bits per heavy atom. The molecule has 0 saturated carbocycles. The van der Waals surface area contributed by atoms with Gasteiger partial charge >= 0.3 is 5.97 Å². The highest BCUT2D eigenvalue weighted by atomic mass is 16.5. The molecule has 0 radical (unpaired) electrons. The van der Waals surface area contributed by atoms with Crippen molar-refractivity contribution in [1.82, 2.24) is 10.2 Å². The first-order chi connectivity index (χ1) is 24.3. The van der Waals surface area contributed by atoms with Crippen molar-refractivity contribution in [3.63, 3.8) is 0 Å². The number of hydrogen-bond donors (Lipinski definition) is 5. The number of unbranched alkanes of at least 4 members (excludes halogenated alkanes) is 23. The number of carboxylic acids is 1. The fourth-order valence-corrected chi connectivity index (χ4v) is 6.95. The zero-order valence-electron chi connectivity index (χ0n) is 32.0. The van der Waals surface area contributed by atoms with Crippen LogP contribution in [0, 0.1) is 0 Å². The summed E-state index contributed by atoms with van der Waals surface area (Å²) in [6.07, 6.45) is 24.2. The normalized spacial score (nSPS) is 20.5. The minimum absolute atomic E-state index is 0.148. The molecule has 0 spiro atoms. The van der Waals surface area contributed by atoms with Gasteiger partial charge in [-0.25, -0.2) is 0 Å². The number of nitrogens with zero attached hydrogens (tertiary/aromatic N) is 1. The third-order valence-corrected chi connectivity index (χ3v) is 10.2. The summed E-state index contributed by atoms with van der Waals surface area (Å²) < 4.78 is 6.03. The highest BCUT2D eigenvalue weighted by Crippen LogP contribution is 2.26. The van der Waals surface area contributed by atoms with Crippen LogP contribution in [0.4, 0.5) is 0 Å². The van der Waals surface area contributed by atoms with Crippen LogP contribution in [0.5, 0.6) is 0 Å². The number of carbonyl (C=O) groups excluding carboxylic acids is 2. The van der Waals surface area contributed by atoms with Crippen LogP contribution in [0.25, 0.3) is 0 Å². The fraction of sp³-hybridized carbons (Fsp3) is 0.925. The first kappa shape index (κ1) is 46.3. The summed E-state index contributed by atoms with van der Waals surface area (Å²) in [6, 6.07) is -1.16. The molecular formula is C40H76N2O8. The van der Waals surface area contributed by atoms with Gasteiger partial charge in [0.1, 0.15) is 24.4 Å². The predicted octanol–water partition coefficient (Wildman–Crippen LogP) is 7.79. The van der Waals surface area contributed by atoms with E-state index in [0.29, 0.717) is 13.0 Å². The van der Waals surface area contributed by atoms with Crippen LogP contribution in [0.3, 0.4) is 0 Å². The molecule has 0 aromatic heterocycles. The Morgan fingerprint density at radius 3 is 1.42 bits per heavy atom. The average Bonchev–Trinajstić information content (AvgIpc) is 3.10. The van der Waals surface area contributed by atoms with E-state index in [9.17, 15) is 29.7 Å². The van der Waals surface area contributed by atoms with Crippen molar-refractivity contribution in [3.05, 3.63) is 0 Å². The monoisotopic (exact) mass is 713 g/mol. The van der Waals surface area contributed by atoms with Crippen LogP contribution in [0.15, 0.2) is 0 Å². The summed E-state index contributed by atoms with van der Waals surface area (Å²) in [5.41, 5.74) is 0. The number of nitrogens with one attached hydrogen (secondary N) is 1. The van der Waals surface area contributed by atoms with E-state index in [1.54, 1.807) is 4.90 Å². The Morgan fingerprint density at radius 1 is 0.580 bits per heavy atom. The van der Waals surface area contributed by atoms with Crippen LogP contribution < -0.4 is 5.32 Å². The zero-order valence-corrected chi connectivity index (χ0v) is 32.0. The molecule has 5 atom stereocenters. The van der Waals surface area contributed by atoms with Crippen LogP contribution in [-0.2, 0) is 19.1 Å².